The fourth-order valence-corrected chi connectivity index (χ4v) is 1.57. The predicted molar refractivity (Wildman–Crippen MR) is 63.7 cm³/mol. The van der Waals surface area contributed by atoms with Gasteiger partial charge in [0.25, 0.3) is 0 Å². The Labute approximate surface area is 94.3 Å². The van der Waals surface area contributed by atoms with E-state index in [1.54, 1.807) is 24.7 Å². The van der Waals surface area contributed by atoms with E-state index in [1.165, 1.54) is 0 Å². The number of hydrogen-bond acceptors (Lipinski definition) is 4. The standard InChI is InChI=1S/C12H14N4/c1-8-2-5-16-11(6-8)12(14)9-7-15-4-3-10(9)13/h2-7,12H,14H2,1H3,(H2,13,15). The van der Waals surface area contributed by atoms with Gasteiger partial charge in [-0.1, -0.05) is 0 Å². The molecule has 4 heteroatoms. The molecule has 0 spiro atoms. The minimum absolute atomic E-state index is 0.325. The molecule has 0 fully saturated rings. The molecule has 1 unspecified atom stereocenters. The van der Waals surface area contributed by atoms with Crippen molar-refractivity contribution in [2.45, 2.75) is 13.0 Å². The van der Waals surface area contributed by atoms with E-state index in [9.17, 15) is 0 Å². The Kier molecular flexibility index (Phi) is 2.83. The van der Waals surface area contributed by atoms with Crippen molar-refractivity contribution >= 4 is 5.69 Å². The van der Waals surface area contributed by atoms with Crippen LogP contribution >= 0.6 is 0 Å². The first-order valence-corrected chi connectivity index (χ1v) is 5.06. The van der Waals surface area contributed by atoms with Gasteiger partial charge in [-0.15, -0.1) is 0 Å². The minimum Gasteiger partial charge on any atom is -0.398 e. The second-order valence-corrected chi connectivity index (χ2v) is 3.74. The summed E-state index contributed by atoms with van der Waals surface area (Å²) in [5, 5.41) is 0. The second-order valence-electron chi connectivity index (χ2n) is 3.74. The molecule has 2 heterocycles. The number of hydrogen-bond donors (Lipinski definition) is 2. The molecule has 0 saturated heterocycles. The summed E-state index contributed by atoms with van der Waals surface area (Å²) in [5.74, 6) is 0. The fourth-order valence-electron chi connectivity index (χ4n) is 1.57. The number of nitrogens with two attached hydrogens (primary N) is 2. The van der Waals surface area contributed by atoms with E-state index in [0.717, 1.165) is 16.8 Å². The lowest BCUT2D eigenvalue weighted by atomic mass is 10.0. The summed E-state index contributed by atoms with van der Waals surface area (Å²) >= 11 is 0. The van der Waals surface area contributed by atoms with Crippen LogP contribution in [-0.4, -0.2) is 9.97 Å². The van der Waals surface area contributed by atoms with Crippen molar-refractivity contribution in [2.24, 2.45) is 5.73 Å². The molecule has 4 N–H and O–H groups in total. The summed E-state index contributed by atoms with van der Waals surface area (Å²) in [6.45, 7) is 2.00. The van der Waals surface area contributed by atoms with Crippen LogP contribution in [0.15, 0.2) is 36.8 Å². The van der Waals surface area contributed by atoms with Gasteiger partial charge in [0.05, 0.1) is 11.7 Å². The van der Waals surface area contributed by atoms with Crippen LogP contribution in [0.1, 0.15) is 22.9 Å². The van der Waals surface area contributed by atoms with E-state index in [-0.39, 0.29) is 6.04 Å². The van der Waals surface area contributed by atoms with Gasteiger partial charge >= 0.3 is 0 Å². The molecule has 0 aliphatic heterocycles. The van der Waals surface area contributed by atoms with E-state index < -0.39 is 0 Å². The molecule has 1 atom stereocenters. The number of nitrogen functional groups attached to an aromatic ring is 1. The summed E-state index contributed by atoms with van der Waals surface area (Å²) in [6, 6.07) is 5.30. The molecule has 0 amide bonds. The molecule has 4 nitrogen and oxygen atoms in total. The van der Waals surface area contributed by atoms with Crippen LogP contribution in [0.4, 0.5) is 5.69 Å². The second kappa shape index (κ2) is 4.28. The van der Waals surface area contributed by atoms with Gasteiger partial charge in [0.15, 0.2) is 0 Å². The van der Waals surface area contributed by atoms with Crippen molar-refractivity contribution in [1.82, 2.24) is 9.97 Å². The molecule has 0 aliphatic rings. The third-order valence-corrected chi connectivity index (χ3v) is 2.48. The highest BCUT2D eigenvalue weighted by Crippen LogP contribution is 2.22. The van der Waals surface area contributed by atoms with E-state index in [2.05, 4.69) is 9.97 Å². The van der Waals surface area contributed by atoms with Crippen LogP contribution in [0.25, 0.3) is 0 Å². The lowest BCUT2D eigenvalue weighted by Gasteiger charge is -2.13. The molecule has 82 valence electrons. The van der Waals surface area contributed by atoms with Crippen molar-refractivity contribution in [3.8, 4) is 0 Å². The fraction of sp³-hybridized carbons (Fsp3) is 0.167. The zero-order valence-electron chi connectivity index (χ0n) is 9.09. The van der Waals surface area contributed by atoms with Crippen molar-refractivity contribution in [1.29, 1.82) is 0 Å². The molecule has 0 saturated carbocycles. The summed E-state index contributed by atoms with van der Waals surface area (Å²) < 4.78 is 0. The summed E-state index contributed by atoms with van der Waals surface area (Å²) in [5.41, 5.74) is 15.3. The first-order chi connectivity index (χ1) is 7.68. The third-order valence-electron chi connectivity index (χ3n) is 2.48. The van der Waals surface area contributed by atoms with Crippen molar-refractivity contribution in [2.75, 3.05) is 5.73 Å². The Bertz CT molecular complexity index is 496. The van der Waals surface area contributed by atoms with Crippen LogP contribution in [0.2, 0.25) is 0 Å². The molecule has 2 aromatic heterocycles. The lowest BCUT2D eigenvalue weighted by molar-refractivity contribution is 0.823. The number of rotatable bonds is 2. The lowest BCUT2D eigenvalue weighted by Crippen LogP contribution is -2.15. The van der Waals surface area contributed by atoms with Crippen LogP contribution in [-0.2, 0) is 0 Å². The van der Waals surface area contributed by atoms with E-state index in [0.29, 0.717) is 5.69 Å². The Morgan fingerprint density at radius 1 is 1.25 bits per heavy atom. The van der Waals surface area contributed by atoms with Crippen LogP contribution in [0, 0.1) is 6.92 Å². The van der Waals surface area contributed by atoms with Crippen LogP contribution < -0.4 is 11.5 Å². The third kappa shape index (κ3) is 2.01. The largest absolute Gasteiger partial charge is 0.398 e. The van der Waals surface area contributed by atoms with Crippen molar-refractivity contribution in [3.05, 3.63) is 53.6 Å². The first-order valence-electron chi connectivity index (χ1n) is 5.06. The molecular weight excluding hydrogens is 200 g/mol. The Morgan fingerprint density at radius 3 is 2.75 bits per heavy atom. The van der Waals surface area contributed by atoms with E-state index >= 15 is 0 Å². The Hall–Kier alpha value is -1.94. The maximum Gasteiger partial charge on any atom is 0.0761 e. The average molecular weight is 214 g/mol. The number of aromatic nitrogens is 2. The monoisotopic (exact) mass is 214 g/mol. The van der Waals surface area contributed by atoms with Gasteiger partial charge in [0.1, 0.15) is 0 Å². The van der Waals surface area contributed by atoms with Crippen LogP contribution in [0.5, 0.6) is 0 Å². The predicted octanol–water partition coefficient (Wildman–Crippen LogP) is 1.42. The number of anilines is 1. The van der Waals surface area contributed by atoms with Gasteiger partial charge < -0.3 is 11.5 Å². The zero-order valence-corrected chi connectivity index (χ0v) is 9.09. The first kappa shape index (κ1) is 10.6. The topological polar surface area (TPSA) is 77.8 Å². The highest BCUT2D eigenvalue weighted by Gasteiger charge is 2.13. The molecule has 0 bridgehead atoms. The van der Waals surface area contributed by atoms with Crippen molar-refractivity contribution in [3.63, 3.8) is 0 Å². The van der Waals surface area contributed by atoms with Gasteiger partial charge in [0.2, 0.25) is 0 Å². The number of nitrogens with zero attached hydrogens (tertiary/aromatic N) is 2. The molecule has 0 aromatic carbocycles. The molecular formula is C12H14N4. The SMILES string of the molecule is Cc1ccnc(C(N)c2cnccc2N)c1. The van der Waals surface area contributed by atoms with Crippen molar-refractivity contribution < 1.29 is 0 Å². The summed E-state index contributed by atoms with van der Waals surface area (Å²) in [7, 11) is 0. The number of aryl methyl sites for hydroxylation is 1. The molecule has 2 rings (SSSR count). The quantitative estimate of drug-likeness (QED) is 0.792. The number of pyridine rings is 2. The maximum atomic E-state index is 6.10. The minimum atomic E-state index is -0.325. The van der Waals surface area contributed by atoms with Gasteiger partial charge in [-0.25, -0.2) is 0 Å². The summed E-state index contributed by atoms with van der Waals surface area (Å²) in [6.07, 6.45) is 5.08. The Balaban J connectivity index is 2.39. The van der Waals surface area contributed by atoms with Gasteiger partial charge in [0, 0.05) is 29.8 Å². The average Bonchev–Trinajstić information content (AvgIpc) is 2.29. The van der Waals surface area contributed by atoms with Gasteiger partial charge in [-0.05, 0) is 30.7 Å². The normalized spacial score (nSPS) is 12.4. The van der Waals surface area contributed by atoms with Crippen LogP contribution in [0.3, 0.4) is 0 Å². The van der Waals surface area contributed by atoms with Gasteiger partial charge in [-0.3, -0.25) is 9.97 Å². The molecule has 0 aliphatic carbocycles. The highest BCUT2D eigenvalue weighted by molar-refractivity contribution is 5.48. The summed E-state index contributed by atoms with van der Waals surface area (Å²) in [4.78, 5) is 8.28. The highest BCUT2D eigenvalue weighted by atomic mass is 14.8. The maximum absolute atomic E-state index is 6.10. The molecule has 16 heavy (non-hydrogen) atoms. The Morgan fingerprint density at radius 2 is 2.06 bits per heavy atom. The zero-order chi connectivity index (χ0) is 11.5. The molecule has 0 radical (unpaired) electrons. The van der Waals surface area contributed by atoms with Gasteiger partial charge in [-0.2, -0.15) is 0 Å². The smallest absolute Gasteiger partial charge is 0.0761 e. The molecule has 2 aromatic rings. The van der Waals surface area contributed by atoms with E-state index in [4.69, 9.17) is 11.5 Å². The van der Waals surface area contributed by atoms with E-state index in [1.807, 2.05) is 19.1 Å².